The number of hydrogen-bond donors (Lipinski definition) is 2. The zero-order valence-electron chi connectivity index (χ0n) is 8.33. The summed E-state index contributed by atoms with van der Waals surface area (Å²) in [5.41, 5.74) is 7.86. The Bertz CT molecular complexity index is 623. The predicted octanol–water partition coefficient (Wildman–Crippen LogP) is -0.00270. The second kappa shape index (κ2) is 3.38. The van der Waals surface area contributed by atoms with Crippen LogP contribution in [0.3, 0.4) is 0 Å². The van der Waals surface area contributed by atoms with Crippen LogP contribution in [0.15, 0.2) is 25.0 Å². The summed E-state index contributed by atoms with van der Waals surface area (Å²) < 4.78 is 1.66. The van der Waals surface area contributed by atoms with E-state index in [1.807, 2.05) is 6.20 Å². The zero-order chi connectivity index (χ0) is 11.0. The lowest BCUT2D eigenvalue weighted by atomic mass is 10.4. The summed E-state index contributed by atoms with van der Waals surface area (Å²) in [6.07, 6.45) is 6.59. The first-order valence-electron chi connectivity index (χ1n) is 4.76. The van der Waals surface area contributed by atoms with Gasteiger partial charge in [-0.05, 0) is 0 Å². The highest BCUT2D eigenvalue weighted by Crippen LogP contribution is 2.13. The maximum Gasteiger partial charge on any atom is 0.182 e. The minimum Gasteiger partial charge on any atom is -0.340 e. The first-order chi connectivity index (χ1) is 7.88. The first-order valence-corrected chi connectivity index (χ1v) is 4.76. The first kappa shape index (κ1) is 8.98. The number of aromatic nitrogens is 6. The Hall–Kier alpha value is -2.28. The lowest BCUT2D eigenvalue weighted by Crippen LogP contribution is -2.00. The smallest absolute Gasteiger partial charge is 0.182 e. The summed E-state index contributed by atoms with van der Waals surface area (Å²) in [6, 6.07) is 0. The van der Waals surface area contributed by atoms with Crippen molar-refractivity contribution in [1.29, 1.82) is 0 Å². The van der Waals surface area contributed by atoms with Gasteiger partial charge in [0.15, 0.2) is 11.5 Å². The molecule has 0 aromatic carbocycles. The molecule has 0 aliphatic carbocycles. The number of rotatable bonds is 2. The fourth-order valence-electron chi connectivity index (χ4n) is 1.51. The van der Waals surface area contributed by atoms with E-state index in [1.54, 1.807) is 17.2 Å². The fraction of sp³-hybridized carbons (Fsp3) is 0.111. The van der Waals surface area contributed by atoms with Crippen LogP contribution < -0.4 is 5.73 Å². The minimum absolute atomic E-state index is 0.456. The van der Waals surface area contributed by atoms with Gasteiger partial charge in [0.1, 0.15) is 11.8 Å². The quantitative estimate of drug-likeness (QED) is 0.626. The lowest BCUT2D eigenvalue weighted by molar-refractivity contribution is 0.847. The van der Waals surface area contributed by atoms with Gasteiger partial charge in [0.2, 0.25) is 0 Å². The Morgan fingerprint density at radius 2 is 2.25 bits per heavy atom. The zero-order valence-corrected chi connectivity index (χ0v) is 8.33. The van der Waals surface area contributed by atoms with Crippen LogP contribution in [0.1, 0.15) is 5.56 Å². The molecule has 0 saturated carbocycles. The Labute approximate surface area is 90.4 Å². The molecule has 0 bridgehead atoms. The van der Waals surface area contributed by atoms with Gasteiger partial charge in [-0.15, -0.1) is 0 Å². The predicted molar refractivity (Wildman–Crippen MR) is 56.7 cm³/mol. The van der Waals surface area contributed by atoms with E-state index in [0.29, 0.717) is 18.0 Å². The molecule has 0 atom stereocenters. The van der Waals surface area contributed by atoms with Gasteiger partial charge in [-0.25, -0.2) is 19.6 Å². The molecule has 0 aliphatic heterocycles. The molecule has 7 nitrogen and oxygen atoms in total. The second-order valence-corrected chi connectivity index (χ2v) is 3.30. The third-order valence-corrected chi connectivity index (χ3v) is 2.29. The molecule has 0 amide bonds. The van der Waals surface area contributed by atoms with Gasteiger partial charge in [-0.3, -0.25) is 0 Å². The number of nitrogens with two attached hydrogens (primary N) is 1. The largest absolute Gasteiger partial charge is 0.340 e. The average Bonchev–Trinajstić information content (AvgIpc) is 2.97. The van der Waals surface area contributed by atoms with E-state index in [1.165, 1.54) is 6.33 Å². The summed E-state index contributed by atoms with van der Waals surface area (Å²) >= 11 is 0. The second-order valence-electron chi connectivity index (χ2n) is 3.30. The van der Waals surface area contributed by atoms with E-state index in [4.69, 9.17) is 5.73 Å². The highest BCUT2D eigenvalue weighted by atomic mass is 15.3. The molecule has 0 fully saturated rings. The molecule has 0 aliphatic rings. The molecule has 3 rings (SSSR count). The summed E-state index contributed by atoms with van der Waals surface area (Å²) in [5.74, 6) is 0.669. The van der Waals surface area contributed by atoms with E-state index >= 15 is 0 Å². The highest BCUT2D eigenvalue weighted by molar-refractivity contribution is 5.77. The van der Waals surface area contributed by atoms with Gasteiger partial charge in [-0.1, -0.05) is 0 Å². The van der Waals surface area contributed by atoms with Crippen molar-refractivity contribution in [1.82, 2.24) is 29.7 Å². The Morgan fingerprint density at radius 3 is 3.06 bits per heavy atom. The van der Waals surface area contributed by atoms with Gasteiger partial charge in [-0.2, -0.15) is 5.10 Å². The van der Waals surface area contributed by atoms with Crippen LogP contribution in [0, 0.1) is 0 Å². The lowest BCUT2D eigenvalue weighted by Gasteiger charge is -1.99. The molecule has 0 unspecified atom stereocenters. The molecule has 7 heteroatoms. The molecule has 3 aromatic heterocycles. The molecule has 3 N–H and O–H groups in total. The molecular formula is C9H9N7. The van der Waals surface area contributed by atoms with Crippen LogP contribution in [-0.4, -0.2) is 29.7 Å². The number of hydrogen-bond acceptors (Lipinski definition) is 5. The van der Waals surface area contributed by atoms with Crippen molar-refractivity contribution in [2.45, 2.75) is 6.54 Å². The number of H-pyrrole nitrogens is 1. The maximum absolute atomic E-state index is 5.53. The van der Waals surface area contributed by atoms with Crippen LogP contribution in [0.2, 0.25) is 0 Å². The van der Waals surface area contributed by atoms with Crippen molar-refractivity contribution in [2.75, 3.05) is 0 Å². The van der Waals surface area contributed by atoms with E-state index < -0.39 is 0 Å². The van der Waals surface area contributed by atoms with Crippen molar-refractivity contribution in [3.05, 3.63) is 30.6 Å². The molecule has 0 saturated heterocycles. The van der Waals surface area contributed by atoms with Gasteiger partial charge in [0, 0.05) is 18.3 Å². The van der Waals surface area contributed by atoms with Gasteiger partial charge in [0.05, 0.1) is 12.5 Å². The number of aromatic amines is 1. The van der Waals surface area contributed by atoms with Crippen molar-refractivity contribution in [3.63, 3.8) is 0 Å². The van der Waals surface area contributed by atoms with Crippen LogP contribution >= 0.6 is 0 Å². The number of nitrogens with zero attached hydrogens (tertiary/aromatic N) is 5. The molecule has 80 valence electrons. The van der Waals surface area contributed by atoms with Gasteiger partial charge in [0.25, 0.3) is 0 Å². The van der Waals surface area contributed by atoms with E-state index in [9.17, 15) is 0 Å². The number of fused-ring (bicyclic) bond motifs is 1. The SMILES string of the molecule is NCc1cnn(-c2ncnc3nc[nH]c23)c1. The Balaban J connectivity index is 2.21. The molecule has 16 heavy (non-hydrogen) atoms. The van der Waals surface area contributed by atoms with Crippen molar-refractivity contribution < 1.29 is 0 Å². The third-order valence-electron chi connectivity index (χ3n) is 2.29. The van der Waals surface area contributed by atoms with E-state index in [-0.39, 0.29) is 0 Å². The van der Waals surface area contributed by atoms with Crippen molar-refractivity contribution >= 4 is 11.2 Å². The summed E-state index contributed by atoms with van der Waals surface area (Å²) in [4.78, 5) is 15.3. The Kier molecular flexibility index (Phi) is 1.90. The highest BCUT2D eigenvalue weighted by Gasteiger charge is 2.08. The number of imidazole rings is 1. The van der Waals surface area contributed by atoms with E-state index in [0.717, 1.165) is 11.1 Å². The van der Waals surface area contributed by atoms with E-state index in [2.05, 4.69) is 25.0 Å². The number of nitrogens with one attached hydrogen (secondary N) is 1. The molecule has 3 heterocycles. The van der Waals surface area contributed by atoms with Crippen molar-refractivity contribution in [2.24, 2.45) is 5.73 Å². The average molecular weight is 215 g/mol. The van der Waals surface area contributed by atoms with Crippen molar-refractivity contribution in [3.8, 4) is 5.82 Å². The molecule has 3 aromatic rings. The van der Waals surface area contributed by atoms with Crippen LogP contribution in [0.5, 0.6) is 0 Å². The summed E-state index contributed by atoms with van der Waals surface area (Å²) in [5, 5.41) is 4.19. The molecule has 0 radical (unpaired) electrons. The normalized spacial score (nSPS) is 11.1. The summed E-state index contributed by atoms with van der Waals surface area (Å²) in [6.45, 7) is 0.456. The molecular weight excluding hydrogens is 206 g/mol. The van der Waals surface area contributed by atoms with Crippen LogP contribution in [-0.2, 0) is 6.54 Å². The summed E-state index contributed by atoms with van der Waals surface area (Å²) in [7, 11) is 0. The van der Waals surface area contributed by atoms with Crippen LogP contribution in [0.4, 0.5) is 0 Å². The van der Waals surface area contributed by atoms with Crippen LogP contribution in [0.25, 0.3) is 17.0 Å². The molecule has 0 spiro atoms. The Morgan fingerprint density at radius 1 is 1.31 bits per heavy atom. The van der Waals surface area contributed by atoms with Gasteiger partial charge < -0.3 is 10.7 Å². The topological polar surface area (TPSA) is 98.3 Å². The minimum atomic E-state index is 0.456. The third kappa shape index (κ3) is 1.26. The standard InChI is InChI=1S/C9H9N7/c10-1-6-2-15-16(3-6)9-7-8(12-4-11-7)13-5-14-9/h2-5H,1,10H2,(H,11,12,13,14). The fourth-order valence-corrected chi connectivity index (χ4v) is 1.51. The van der Waals surface area contributed by atoms with Gasteiger partial charge >= 0.3 is 0 Å². The maximum atomic E-state index is 5.53. The monoisotopic (exact) mass is 215 g/mol.